The van der Waals surface area contributed by atoms with Crippen LogP contribution in [0.15, 0.2) is 47.4 Å². The van der Waals surface area contributed by atoms with Crippen LogP contribution >= 0.6 is 0 Å². The van der Waals surface area contributed by atoms with Crippen molar-refractivity contribution >= 4 is 17.4 Å². The normalized spacial score (nSPS) is 10.0. The molecule has 0 atom stereocenters. The van der Waals surface area contributed by atoms with E-state index in [0.29, 0.717) is 0 Å². The number of nitro benzene ring substituents is 1. The summed E-state index contributed by atoms with van der Waals surface area (Å²) in [7, 11) is 0. The van der Waals surface area contributed by atoms with Crippen LogP contribution in [0.2, 0.25) is 0 Å². The van der Waals surface area contributed by atoms with Crippen LogP contribution in [-0.2, 0) is 4.74 Å². The number of non-ortho nitro benzene ring substituents is 1. The van der Waals surface area contributed by atoms with Gasteiger partial charge in [0, 0.05) is 30.0 Å². The number of esters is 1. The van der Waals surface area contributed by atoms with Crippen LogP contribution in [0, 0.1) is 10.1 Å². The van der Waals surface area contributed by atoms with Gasteiger partial charge in [0.25, 0.3) is 5.69 Å². The molecule has 1 heterocycles. The van der Waals surface area contributed by atoms with Gasteiger partial charge in [0.2, 0.25) is 5.56 Å². The molecule has 22 heavy (non-hydrogen) atoms. The first-order valence-corrected chi connectivity index (χ1v) is 6.11. The van der Waals surface area contributed by atoms with Crippen molar-refractivity contribution in [3.63, 3.8) is 0 Å². The summed E-state index contributed by atoms with van der Waals surface area (Å²) in [4.78, 5) is 46.6. The predicted octanol–water partition coefficient (Wildman–Crippen LogP) is 1.32. The number of pyridine rings is 1. The first-order chi connectivity index (χ1) is 10.5. The lowest BCUT2D eigenvalue weighted by Gasteiger charge is -2.04. The third-order valence-electron chi connectivity index (χ3n) is 2.75. The minimum atomic E-state index is -0.758. The molecule has 0 bridgehead atoms. The van der Waals surface area contributed by atoms with Gasteiger partial charge in [-0.3, -0.25) is 19.7 Å². The van der Waals surface area contributed by atoms with Crippen LogP contribution in [0.3, 0.4) is 0 Å². The second-order valence-electron chi connectivity index (χ2n) is 4.24. The molecule has 2 rings (SSSR count). The molecule has 0 aliphatic carbocycles. The molecule has 1 N–H and O–H groups in total. The number of Topliss-reactive ketones (excluding diaryl/α,β-unsaturated/α-hetero) is 1. The van der Waals surface area contributed by atoms with E-state index in [1.165, 1.54) is 36.5 Å². The van der Waals surface area contributed by atoms with Gasteiger partial charge in [-0.1, -0.05) is 0 Å². The number of carbonyl (C=O) groups excluding carboxylic acids is 2. The van der Waals surface area contributed by atoms with Crippen molar-refractivity contribution in [3.8, 4) is 0 Å². The van der Waals surface area contributed by atoms with Crippen molar-refractivity contribution in [2.75, 3.05) is 6.61 Å². The average Bonchev–Trinajstić information content (AvgIpc) is 2.53. The second-order valence-corrected chi connectivity index (χ2v) is 4.24. The molecule has 0 saturated carbocycles. The van der Waals surface area contributed by atoms with Gasteiger partial charge in [-0.05, 0) is 18.2 Å². The van der Waals surface area contributed by atoms with Crippen molar-refractivity contribution in [1.29, 1.82) is 0 Å². The van der Waals surface area contributed by atoms with Crippen molar-refractivity contribution in [1.82, 2.24) is 4.98 Å². The van der Waals surface area contributed by atoms with Crippen molar-refractivity contribution < 1.29 is 19.2 Å². The first-order valence-electron chi connectivity index (χ1n) is 6.11. The Balaban J connectivity index is 1.97. The lowest BCUT2D eigenvalue weighted by atomic mass is 10.1. The molecule has 0 fully saturated rings. The van der Waals surface area contributed by atoms with E-state index in [0.717, 1.165) is 6.07 Å². The lowest BCUT2D eigenvalue weighted by Crippen LogP contribution is -2.15. The summed E-state index contributed by atoms with van der Waals surface area (Å²) in [6, 6.07) is 7.39. The number of nitrogens with one attached hydrogen (secondary N) is 1. The van der Waals surface area contributed by atoms with E-state index in [-0.39, 0.29) is 22.4 Å². The van der Waals surface area contributed by atoms with Crippen molar-refractivity contribution in [3.05, 3.63) is 74.2 Å². The molecule has 1 aromatic carbocycles. The molecule has 0 amide bonds. The Morgan fingerprint density at radius 2 is 1.73 bits per heavy atom. The Morgan fingerprint density at radius 3 is 2.27 bits per heavy atom. The Bertz CT molecular complexity index is 758. The van der Waals surface area contributed by atoms with Crippen LogP contribution < -0.4 is 5.56 Å². The zero-order chi connectivity index (χ0) is 16.1. The van der Waals surface area contributed by atoms with E-state index in [1.54, 1.807) is 0 Å². The SMILES string of the molecule is O=C(COC(=O)c1ccc(=O)[nH]c1)c1ccc([N+](=O)[O-])cc1. The van der Waals surface area contributed by atoms with E-state index in [4.69, 9.17) is 4.74 Å². The second kappa shape index (κ2) is 6.44. The third-order valence-corrected chi connectivity index (χ3v) is 2.75. The topological polar surface area (TPSA) is 119 Å². The molecular weight excluding hydrogens is 292 g/mol. The van der Waals surface area contributed by atoms with Crippen LogP contribution in [0.4, 0.5) is 5.69 Å². The number of aromatic nitrogens is 1. The molecule has 8 heteroatoms. The number of benzene rings is 1. The number of rotatable bonds is 5. The summed E-state index contributed by atoms with van der Waals surface area (Å²) in [6.07, 6.45) is 1.18. The zero-order valence-electron chi connectivity index (χ0n) is 11.1. The maximum atomic E-state index is 11.8. The van der Waals surface area contributed by atoms with Crippen LogP contribution in [0.5, 0.6) is 0 Å². The van der Waals surface area contributed by atoms with Gasteiger partial charge < -0.3 is 9.72 Å². The molecule has 112 valence electrons. The fourth-order valence-electron chi connectivity index (χ4n) is 1.60. The van der Waals surface area contributed by atoms with Crippen LogP contribution in [0.1, 0.15) is 20.7 Å². The number of nitrogens with zero attached hydrogens (tertiary/aromatic N) is 1. The van der Waals surface area contributed by atoms with E-state index in [1.807, 2.05) is 0 Å². The van der Waals surface area contributed by atoms with Crippen LogP contribution in [-0.4, -0.2) is 28.3 Å². The summed E-state index contributed by atoms with van der Waals surface area (Å²) >= 11 is 0. The average molecular weight is 302 g/mol. The summed E-state index contributed by atoms with van der Waals surface area (Å²) in [5.41, 5.74) is -0.198. The summed E-state index contributed by atoms with van der Waals surface area (Å²) in [5, 5.41) is 10.5. The molecule has 1 aromatic heterocycles. The minimum Gasteiger partial charge on any atom is -0.454 e. The van der Waals surface area contributed by atoms with Gasteiger partial charge >= 0.3 is 5.97 Å². The summed E-state index contributed by atoms with van der Waals surface area (Å²) in [6.45, 7) is -0.504. The summed E-state index contributed by atoms with van der Waals surface area (Å²) < 4.78 is 4.82. The van der Waals surface area contributed by atoms with Gasteiger partial charge in [-0.25, -0.2) is 4.79 Å². The molecule has 0 unspecified atom stereocenters. The molecule has 0 aliphatic rings. The number of hydrogen-bond acceptors (Lipinski definition) is 6. The fourth-order valence-corrected chi connectivity index (χ4v) is 1.60. The van der Waals surface area contributed by atoms with E-state index < -0.39 is 23.3 Å². The number of ether oxygens (including phenoxy) is 1. The number of H-pyrrole nitrogens is 1. The molecule has 0 spiro atoms. The van der Waals surface area contributed by atoms with Gasteiger partial charge in [-0.15, -0.1) is 0 Å². The highest BCUT2D eigenvalue weighted by Crippen LogP contribution is 2.12. The predicted molar refractivity (Wildman–Crippen MR) is 74.8 cm³/mol. The molecule has 8 nitrogen and oxygen atoms in total. The molecule has 2 aromatic rings. The smallest absolute Gasteiger partial charge is 0.340 e. The fraction of sp³-hybridized carbons (Fsp3) is 0.0714. The van der Waals surface area contributed by atoms with Gasteiger partial charge in [-0.2, -0.15) is 0 Å². The number of nitro groups is 1. The minimum absolute atomic E-state index is 0.107. The highest BCUT2D eigenvalue weighted by Gasteiger charge is 2.13. The monoisotopic (exact) mass is 302 g/mol. The molecular formula is C14H10N2O6. The number of carbonyl (C=O) groups is 2. The third kappa shape index (κ3) is 3.63. The van der Waals surface area contributed by atoms with Gasteiger partial charge in [0.15, 0.2) is 12.4 Å². The highest BCUT2D eigenvalue weighted by atomic mass is 16.6. The van der Waals surface area contributed by atoms with E-state index in [9.17, 15) is 24.5 Å². The maximum Gasteiger partial charge on any atom is 0.340 e. The number of ketones is 1. The van der Waals surface area contributed by atoms with E-state index >= 15 is 0 Å². The Hall–Kier alpha value is -3.29. The Morgan fingerprint density at radius 1 is 1.09 bits per heavy atom. The first kappa shape index (κ1) is 15.1. The molecule has 0 saturated heterocycles. The summed E-state index contributed by atoms with van der Waals surface area (Å²) in [5.74, 6) is -1.25. The standard InChI is InChI=1S/C14H10N2O6/c17-12(9-1-4-11(5-2-9)16(20)21)8-22-14(19)10-3-6-13(18)15-7-10/h1-7H,8H2,(H,15,18). The molecule has 0 radical (unpaired) electrons. The van der Waals surface area contributed by atoms with Crippen molar-refractivity contribution in [2.24, 2.45) is 0 Å². The van der Waals surface area contributed by atoms with E-state index in [2.05, 4.69) is 4.98 Å². The Kier molecular flexibility index (Phi) is 4.42. The van der Waals surface area contributed by atoms with Crippen LogP contribution in [0.25, 0.3) is 0 Å². The molecule has 0 aliphatic heterocycles. The Labute approximate surface area is 123 Å². The highest BCUT2D eigenvalue weighted by molar-refractivity contribution is 5.99. The number of hydrogen-bond donors (Lipinski definition) is 1. The number of aromatic amines is 1. The maximum absolute atomic E-state index is 11.8. The lowest BCUT2D eigenvalue weighted by molar-refractivity contribution is -0.384. The van der Waals surface area contributed by atoms with Gasteiger partial charge in [0.1, 0.15) is 0 Å². The van der Waals surface area contributed by atoms with Gasteiger partial charge in [0.05, 0.1) is 10.5 Å². The quantitative estimate of drug-likeness (QED) is 0.385. The zero-order valence-corrected chi connectivity index (χ0v) is 11.1. The van der Waals surface area contributed by atoms with Crippen molar-refractivity contribution in [2.45, 2.75) is 0 Å². The largest absolute Gasteiger partial charge is 0.454 e.